The zero-order valence-corrected chi connectivity index (χ0v) is 12.5. The molecule has 0 fully saturated rings. The SMILES string of the molecule is CC(C)C(CO)NC(=O)c1cc(C(F)(F)F)ccc1Br. The fourth-order valence-corrected chi connectivity index (χ4v) is 1.97. The van der Waals surface area contributed by atoms with E-state index in [1.807, 2.05) is 0 Å². The van der Waals surface area contributed by atoms with Crippen molar-refractivity contribution in [3.8, 4) is 0 Å². The van der Waals surface area contributed by atoms with E-state index >= 15 is 0 Å². The van der Waals surface area contributed by atoms with Gasteiger partial charge < -0.3 is 10.4 Å². The van der Waals surface area contributed by atoms with Crippen molar-refractivity contribution in [2.75, 3.05) is 6.61 Å². The molecule has 1 rings (SSSR count). The van der Waals surface area contributed by atoms with Crippen LogP contribution in [0.2, 0.25) is 0 Å². The highest BCUT2D eigenvalue weighted by molar-refractivity contribution is 9.10. The van der Waals surface area contributed by atoms with Gasteiger partial charge in [0, 0.05) is 4.47 Å². The van der Waals surface area contributed by atoms with Gasteiger partial charge in [-0.3, -0.25) is 4.79 Å². The van der Waals surface area contributed by atoms with Gasteiger partial charge in [0.25, 0.3) is 5.91 Å². The zero-order valence-electron chi connectivity index (χ0n) is 11.0. The molecule has 1 unspecified atom stereocenters. The molecule has 0 aromatic heterocycles. The normalized spacial score (nSPS) is 13.4. The van der Waals surface area contributed by atoms with Crippen LogP contribution in [0.5, 0.6) is 0 Å². The summed E-state index contributed by atoms with van der Waals surface area (Å²) in [5.74, 6) is -0.691. The summed E-state index contributed by atoms with van der Waals surface area (Å²) in [7, 11) is 0. The number of hydrogen-bond acceptors (Lipinski definition) is 2. The molecule has 1 atom stereocenters. The summed E-state index contributed by atoms with van der Waals surface area (Å²) in [6.45, 7) is 3.31. The molecule has 0 bridgehead atoms. The Labute approximate surface area is 123 Å². The summed E-state index contributed by atoms with van der Waals surface area (Å²) in [4.78, 5) is 12.0. The van der Waals surface area contributed by atoms with Gasteiger partial charge in [-0.1, -0.05) is 13.8 Å². The number of hydrogen-bond donors (Lipinski definition) is 2. The summed E-state index contributed by atoms with van der Waals surface area (Å²) in [5.41, 5.74) is -1.00. The average molecular weight is 354 g/mol. The molecule has 3 nitrogen and oxygen atoms in total. The van der Waals surface area contributed by atoms with Gasteiger partial charge in [-0.2, -0.15) is 13.2 Å². The smallest absolute Gasteiger partial charge is 0.394 e. The molecule has 0 saturated carbocycles. The van der Waals surface area contributed by atoms with Crippen molar-refractivity contribution in [2.24, 2.45) is 5.92 Å². The van der Waals surface area contributed by atoms with Gasteiger partial charge in [-0.25, -0.2) is 0 Å². The maximum absolute atomic E-state index is 12.6. The molecule has 0 spiro atoms. The molecule has 1 aromatic carbocycles. The molecule has 0 radical (unpaired) electrons. The van der Waals surface area contributed by atoms with E-state index < -0.39 is 23.7 Å². The number of carbonyl (C=O) groups excluding carboxylic acids is 1. The number of carbonyl (C=O) groups is 1. The Morgan fingerprint density at radius 1 is 1.40 bits per heavy atom. The second kappa shape index (κ2) is 6.58. The summed E-state index contributed by atoms with van der Waals surface area (Å²) in [6.07, 6.45) is -4.51. The van der Waals surface area contributed by atoms with Gasteiger partial charge in [-0.05, 0) is 40.0 Å². The molecule has 0 heterocycles. The molecule has 0 aliphatic carbocycles. The lowest BCUT2D eigenvalue weighted by molar-refractivity contribution is -0.137. The van der Waals surface area contributed by atoms with Gasteiger partial charge in [0.05, 0.1) is 23.8 Å². The Hall–Kier alpha value is -1.08. The van der Waals surface area contributed by atoms with E-state index in [0.717, 1.165) is 12.1 Å². The maximum Gasteiger partial charge on any atom is 0.416 e. The number of alkyl halides is 3. The number of aliphatic hydroxyl groups is 1. The minimum Gasteiger partial charge on any atom is -0.394 e. The quantitative estimate of drug-likeness (QED) is 0.873. The van der Waals surface area contributed by atoms with Crippen molar-refractivity contribution in [3.05, 3.63) is 33.8 Å². The lowest BCUT2D eigenvalue weighted by Crippen LogP contribution is -2.41. The number of amides is 1. The van der Waals surface area contributed by atoms with Crippen LogP contribution in [0, 0.1) is 5.92 Å². The van der Waals surface area contributed by atoms with Crippen LogP contribution in [0.3, 0.4) is 0 Å². The van der Waals surface area contributed by atoms with Gasteiger partial charge in [0.1, 0.15) is 0 Å². The first-order chi connectivity index (χ1) is 9.16. The molecular formula is C13H15BrF3NO2. The number of nitrogens with one attached hydrogen (secondary N) is 1. The molecular weight excluding hydrogens is 339 g/mol. The van der Waals surface area contributed by atoms with Gasteiger partial charge in [0.15, 0.2) is 0 Å². The lowest BCUT2D eigenvalue weighted by Gasteiger charge is -2.20. The monoisotopic (exact) mass is 353 g/mol. The fourth-order valence-electron chi connectivity index (χ4n) is 1.54. The van der Waals surface area contributed by atoms with Crippen LogP contribution in [-0.4, -0.2) is 23.7 Å². The maximum atomic E-state index is 12.6. The van der Waals surface area contributed by atoms with E-state index in [1.54, 1.807) is 13.8 Å². The van der Waals surface area contributed by atoms with E-state index in [9.17, 15) is 18.0 Å². The van der Waals surface area contributed by atoms with Gasteiger partial charge in [0.2, 0.25) is 0 Å². The highest BCUT2D eigenvalue weighted by Gasteiger charge is 2.31. The van der Waals surface area contributed by atoms with Crippen LogP contribution >= 0.6 is 15.9 Å². The largest absolute Gasteiger partial charge is 0.416 e. The summed E-state index contributed by atoms with van der Waals surface area (Å²) >= 11 is 3.06. The third kappa shape index (κ3) is 4.21. The van der Waals surface area contributed by atoms with Crippen LogP contribution in [0.25, 0.3) is 0 Å². The van der Waals surface area contributed by atoms with Crippen LogP contribution in [0.15, 0.2) is 22.7 Å². The van der Waals surface area contributed by atoms with Crippen molar-refractivity contribution in [2.45, 2.75) is 26.1 Å². The van der Waals surface area contributed by atoms with E-state index in [4.69, 9.17) is 5.11 Å². The lowest BCUT2D eigenvalue weighted by atomic mass is 10.0. The Balaban J connectivity index is 3.03. The number of halogens is 4. The Kier molecular flexibility index (Phi) is 5.59. The van der Waals surface area contributed by atoms with Crippen molar-refractivity contribution in [1.82, 2.24) is 5.32 Å². The second-order valence-corrected chi connectivity index (χ2v) is 5.55. The summed E-state index contributed by atoms with van der Waals surface area (Å²) in [5, 5.41) is 11.7. The van der Waals surface area contributed by atoms with Gasteiger partial charge >= 0.3 is 6.18 Å². The highest BCUT2D eigenvalue weighted by atomic mass is 79.9. The van der Waals surface area contributed by atoms with Gasteiger partial charge in [-0.15, -0.1) is 0 Å². The van der Waals surface area contributed by atoms with Crippen LogP contribution in [0.4, 0.5) is 13.2 Å². The fraction of sp³-hybridized carbons (Fsp3) is 0.462. The third-order valence-electron chi connectivity index (χ3n) is 2.86. The van der Waals surface area contributed by atoms with E-state index in [0.29, 0.717) is 0 Å². The molecule has 0 aliphatic heterocycles. The third-order valence-corrected chi connectivity index (χ3v) is 3.55. The van der Waals surface area contributed by atoms with Crippen molar-refractivity contribution in [3.63, 3.8) is 0 Å². The minimum absolute atomic E-state index is 0.0338. The topological polar surface area (TPSA) is 49.3 Å². The van der Waals surface area contributed by atoms with Crippen molar-refractivity contribution < 1.29 is 23.1 Å². The molecule has 1 amide bonds. The van der Waals surface area contributed by atoms with Crippen molar-refractivity contribution in [1.29, 1.82) is 0 Å². The number of aliphatic hydroxyl groups excluding tert-OH is 1. The number of benzene rings is 1. The Morgan fingerprint density at radius 3 is 2.45 bits per heavy atom. The first kappa shape index (κ1) is 17.0. The van der Waals surface area contributed by atoms with Crippen LogP contribution in [-0.2, 0) is 6.18 Å². The minimum atomic E-state index is -4.51. The average Bonchev–Trinajstić information content (AvgIpc) is 2.34. The molecule has 1 aromatic rings. The predicted molar refractivity (Wildman–Crippen MR) is 72.3 cm³/mol. The first-order valence-corrected chi connectivity index (χ1v) is 6.74. The van der Waals surface area contributed by atoms with E-state index in [-0.39, 0.29) is 22.6 Å². The summed E-state index contributed by atoms with van der Waals surface area (Å²) in [6, 6.07) is 2.35. The van der Waals surface area contributed by atoms with Crippen molar-refractivity contribution >= 4 is 21.8 Å². The zero-order chi connectivity index (χ0) is 15.5. The Bertz CT molecular complexity index is 489. The molecule has 20 heavy (non-hydrogen) atoms. The molecule has 112 valence electrons. The molecule has 2 N–H and O–H groups in total. The highest BCUT2D eigenvalue weighted by Crippen LogP contribution is 2.31. The van der Waals surface area contributed by atoms with E-state index in [1.165, 1.54) is 6.07 Å². The van der Waals surface area contributed by atoms with Crippen LogP contribution < -0.4 is 5.32 Å². The molecule has 0 saturated heterocycles. The standard InChI is InChI=1S/C13H15BrF3NO2/c1-7(2)11(6-19)18-12(20)9-5-8(13(15,16)17)3-4-10(9)14/h3-5,7,11,19H,6H2,1-2H3,(H,18,20). The molecule has 0 aliphatic rings. The summed E-state index contributed by atoms with van der Waals surface area (Å²) < 4.78 is 38.2. The molecule has 7 heteroatoms. The first-order valence-electron chi connectivity index (χ1n) is 5.95. The van der Waals surface area contributed by atoms with Crippen LogP contribution in [0.1, 0.15) is 29.8 Å². The van der Waals surface area contributed by atoms with E-state index in [2.05, 4.69) is 21.2 Å². The number of rotatable bonds is 4. The second-order valence-electron chi connectivity index (χ2n) is 4.70. The Morgan fingerprint density at radius 2 is 2.00 bits per heavy atom. The predicted octanol–water partition coefficient (Wildman–Crippen LogP) is 3.21.